The third-order valence-corrected chi connectivity index (χ3v) is 8.94. The molecule has 0 bridgehead atoms. The molecule has 1 N–H and O–H groups in total. The van der Waals surface area contributed by atoms with Gasteiger partial charge in [-0.25, -0.2) is 8.42 Å². The smallest absolute Gasteiger partial charge is 0.264 e. The molecule has 0 heterocycles. The summed E-state index contributed by atoms with van der Waals surface area (Å²) in [5, 5.41) is 2.95. The van der Waals surface area contributed by atoms with Crippen molar-refractivity contribution >= 4 is 27.5 Å². The highest BCUT2D eigenvalue weighted by Gasteiger charge is 2.33. The quantitative estimate of drug-likeness (QED) is 0.320. The SMILES string of the molecule is CC[C@@H](C)NC(=O)[C@H](C)N(Cc1cccc(OC)c1)C(=O)CN(c1ccc(C)cc1C)S(=O)(=O)c1ccc(C)cc1. The number of benzene rings is 3. The molecule has 0 fully saturated rings. The van der Waals surface area contributed by atoms with Crippen molar-refractivity contribution in [1.82, 2.24) is 10.2 Å². The maximum Gasteiger partial charge on any atom is 0.264 e. The average Bonchev–Trinajstić information content (AvgIpc) is 2.94. The second-order valence-electron chi connectivity index (χ2n) is 10.5. The number of carbonyl (C=O) groups is 2. The molecule has 3 aromatic carbocycles. The van der Waals surface area contributed by atoms with E-state index in [1.165, 1.54) is 4.90 Å². The molecule has 0 aromatic heterocycles. The van der Waals surface area contributed by atoms with Gasteiger partial charge in [-0.1, -0.05) is 54.4 Å². The zero-order chi connectivity index (χ0) is 30.3. The van der Waals surface area contributed by atoms with Crippen molar-refractivity contribution in [2.45, 2.75) is 71.5 Å². The van der Waals surface area contributed by atoms with Crippen LogP contribution in [0.4, 0.5) is 5.69 Å². The Labute approximate surface area is 244 Å². The van der Waals surface area contributed by atoms with Gasteiger partial charge in [0.25, 0.3) is 10.0 Å². The Bertz CT molecular complexity index is 1470. The van der Waals surface area contributed by atoms with E-state index in [0.717, 1.165) is 33.0 Å². The van der Waals surface area contributed by atoms with Crippen molar-refractivity contribution in [3.63, 3.8) is 0 Å². The minimum atomic E-state index is -4.12. The van der Waals surface area contributed by atoms with Gasteiger partial charge >= 0.3 is 0 Å². The normalized spacial score (nSPS) is 12.8. The summed E-state index contributed by atoms with van der Waals surface area (Å²) in [4.78, 5) is 28.8. The van der Waals surface area contributed by atoms with E-state index in [2.05, 4.69) is 5.32 Å². The fraction of sp³-hybridized carbons (Fsp3) is 0.375. The zero-order valence-electron chi connectivity index (χ0n) is 25.0. The van der Waals surface area contributed by atoms with E-state index in [1.54, 1.807) is 56.5 Å². The molecule has 0 aliphatic heterocycles. The molecule has 220 valence electrons. The molecule has 9 heteroatoms. The lowest BCUT2D eigenvalue weighted by Crippen LogP contribution is -2.52. The number of hydrogen-bond acceptors (Lipinski definition) is 5. The second-order valence-corrected chi connectivity index (χ2v) is 12.3. The molecule has 0 saturated heterocycles. The monoisotopic (exact) mass is 579 g/mol. The summed E-state index contributed by atoms with van der Waals surface area (Å²) in [6.07, 6.45) is 0.734. The first-order valence-electron chi connectivity index (χ1n) is 13.8. The van der Waals surface area contributed by atoms with Gasteiger partial charge in [0.05, 0.1) is 17.7 Å². The van der Waals surface area contributed by atoms with E-state index < -0.39 is 28.5 Å². The molecule has 3 aromatic rings. The molecule has 0 unspecified atom stereocenters. The Morgan fingerprint density at radius 2 is 1.59 bits per heavy atom. The number of anilines is 1. The van der Waals surface area contributed by atoms with E-state index in [0.29, 0.717) is 11.4 Å². The maximum atomic E-state index is 14.1. The van der Waals surface area contributed by atoms with E-state index in [-0.39, 0.29) is 23.4 Å². The topological polar surface area (TPSA) is 96.0 Å². The van der Waals surface area contributed by atoms with Gasteiger partial charge in [-0.15, -0.1) is 0 Å². The highest BCUT2D eigenvalue weighted by atomic mass is 32.2. The Morgan fingerprint density at radius 3 is 2.20 bits per heavy atom. The number of hydrogen-bond donors (Lipinski definition) is 1. The number of methoxy groups -OCH3 is 1. The minimum Gasteiger partial charge on any atom is -0.497 e. The Balaban J connectivity index is 2.07. The molecular formula is C32H41N3O5S. The van der Waals surface area contributed by atoms with Gasteiger partial charge in [0.2, 0.25) is 11.8 Å². The largest absolute Gasteiger partial charge is 0.497 e. The van der Waals surface area contributed by atoms with Gasteiger partial charge in [-0.3, -0.25) is 13.9 Å². The van der Waals surface area contributed by atoms with Gasteiger partial charge < -0.3 is 15.0 Å². The summed E-state index contributed by atoms with van der Waals surface area (Å²) in [5.41, 5.74) is 3.77. The van der Waals surface area contributed by atoms with Crippen molar-refractivity contribution in [2.24, 2.45) is 0 Å². The summed E-state index contributed by atoms with van der Waals surface area (Å²) in [6, 6.07) is 18.3. The maximum absolute atomic E-state index is 14.1. The zero-order valence-corrected chi connectivity index (χ0v) is 25.8. The second kappa shape index (κ2) is 13.7. The number of sulfonamides is 1. The molecule has 0 radical (unpaired) electrons. The molecular weight excluding hydrogens is 538 g/mol. The van der Waals surface area contributed by atoms with Crippen LogP contribution in [-0.2, 0) is 26.2 Å². The molecule has 0 aliphatic rings. The summed E-state index contributed by atoms with van der Waals surface area (Å²) >= 11 is 0. The van der Waals surface area contributed by atoms with E-state index >= 15 is 0 Å². The number of nitrogens with one attached hydrogen (secondary N) is 1. The van der Waals surface area contributed by atoms with Crippen molar-refractivity contribution in [2.75, 3.05) is 18.0 Å². The summed E-state index contributed by atoms with van der Waals surface area (Å²) in [6.45, 7) is 10.8. The van der Waals surface area contributed by atoms with Crippen molar-refractivity contribution in [1.29, 1.82) is 0 Å². The van der Waals surface area contributed by atoms with Gasteiger partial charge in [-0.2, -0.15) is 0 Å². The average molecular weight is 580 g/mol. The van der Waals surface area contributed by atoms with Crippen LogP contribution in [0, 0.1) is 20.8 Å². The molecule has 0 spiro atoms. The van der Waals surface area contributed by atoms with Crippen LogP contribution in [0.2, 0.25) is 0 Å². The molecule has 8 nitrogen and oxygen atoms in total. The van der Waals surface area contributed by atoms with E-state index in [4.69, 9.17) is 4.74 Å². The van der Waals surface area contributed by atoms with Crippen molar-refractivity contribution in [3.8, 4) is 5.75 Å². The molecule has 0 aliphatic carbocycles. The summed E-state index contributed by atoms with van der Waals surface area (Å²) in [5.74, 6) is -0.198. The van der Waals surface area contributed by atoms with E-state index in [9.17, 15) is 18.0 Å². The lowest BCUT2D eigenvalue weighted by Gasteiger charge is -2.33. The molecule has 3 rings (SSSR count). The Kier molecular flexibility index (Phi) is 10.6. The third kappa shape index (κ3) is 7.88. The highest BCUT2D eigenvalue weighted by Crippen LogP contribution is 2.28. The Hall–Kier alpha value is -3.85. The number of aryl methyl sites for hydroxylation is 3. The predicted molar refractivity (Wildman–Crippen MR) is 163 cm³/mol. The van der Waals surface area contributed by atoms with Gasteiger partial charge in [-0.05, 0) is 82.5 Å². The fourth-order valence-corrected chi connectivity index (χ4v) is 5.93. The standard InChI is InChI=1S/C32H41N3O5S/c1-8-25(5)33-32(37)26(6)34(20-27-10-9-11-28(19-27)40-7)31(36)21-35(30-17-14-23(3)18-24(30)4)41(38,39)29-15-12-22(2)13-16-29/h9-19,25-26H,8,20-21H2,1-7H3,(H,33,37)/t25-,26+/m1/s1. The number of amides is 2. The van der Waals surface area contributed by atoms with Crippen LogP contribution in [0.5, 0.6) is 5.75 Å². The van der Waals surface area contributed by atoms with Gasteiger partial charge in [0, 0.05) is 12.6 Å². The van der Waals surface area contributed by atoms with Crippen LogP contribution in [-0.4, -0.2) is 50.9 Å². The van der Waals surface area contributed by atoms with E-state index in [1.807, 2.05) is 58.9 Å². The van der Waals surface area contributed by atoms with Crippen LogP contribution < -0.4 is 14.4 Å². The van der Waals surface area contributed by atoms with Crippen molar-refractivity contribution < 1.29 is 22.7 Å². The Morgan fingerprint density at radius 1 is 0.927 bits per heavy atom. The first-order valence-corrected chi connectivity index (χ1v) is 15.2. The number of carbonyl (C=O) groups excluding carboxylic acids is 2. The van der Waals surface area contributed by atoms with Crippen LogP contribution in [0.1, 0.15) is 49.4 Å². The van der Waals surface area contributed by atoms with Crippen LogP contribution >= 0.6 is 0 Å². The molecule has 2 amide bonds. The van der Waals surface area contributed by atoms with Crippen LogP contribution in [0.25, 0.3) is 0 Å². The van der Waals surface area contributed by atoms with Crippen molar-refractivity contribution in [3.05, 3.63) is 89.0 Å². The first-order chi connectivity index (χ1) is 19.4. The van der Waals surface area contributed by atoms with Gasteiger partial charge in [0.15, 0.2) is 0 Å². The first kappa shape index (κ1) is 31.7. The highest BCUT2D eigenvalue weighted by molar-refractivity contribution is 7.92. The van der Waals surface area contributed by atoms with Gasteiger partial charge in [0.1, 0.15) is 18.3 Å². The number of nitrogens with zero attached hydrogens (tertiary/aromatic N) is 2. The molecule has 41 heavy (non-hydrogen) atoms. The number of rotatable bonds is 12. The summed E-state index contributed by atoms with van der Waals surface area (Å²) < 4.78 is 34.6. The number of ether oxygens (including phenoxy) is 1. The summed E-state index contributed by atoms with van der Waals surface area (Å²) in [7, 11) is -2.56. The lowest BCUT2D eigenvalue weighted by molar-refractivity contribution is -0.139. The molecule has 0 saturated carbocycles. The van der Waals surface area contributed by atoms with Crippen LogP contribution in [0.3, 0.4) is 0 Å². The van der Waals surface area contributed by atoms with Crippen LogP contribution in [0.15, 0.2) is 71.6 Å². The fourth-order valence-electron chi connectivity index (χ4n) is 4.45. The third-order valence-electron chi connectivity index (χ3n) is 7.16. The minimum absolute atomic E-state index is 0.0765. The predicted octanol–water partition coefficient (Wildman–Crippen LogP) is 5.15. The lowest BCUT2D eigenvalue weighted by atomic mass is 10.1. The molecule has 2 atom stereocenters.